The number of carbonyl (C=O) groups is 2. The first-order valence-corrected chi connectivity index (χ1v) is 10.3. The maximum absolute atomic E-state index is 13.0. The van der Waals surface area contributed by atoms with Gasteiger partial charge in [0.05, 0.1) is 18.6 Å². The summed E-state index contributed by atoms with van der Waals surface area (Å²) in [5, 5.41) is 0. The molecule has 0 radical (unpaired) electrons. The maximum Gasteiger partial charge on any atom is 0.343 e. The summed E-state index contributed by atoms with van der Waals surface area (Å²) in [6, 6.07) is -0.557. The number of amides is 1. The SMILES string of the molecule is CCN(C(=O)c1cn(C(C)C)cc(C(=O)OC)c1=O)[C@@H]1CCS(=O)(=O)C1. The second-order valence-corrected chi connectivity index (χ2v) is 8.82. The Bertz CT molecular complexity index is 872. The van der Waals surface area contributed by atoms with Gasteiger partial charge < -0.3 is 14.2 Å². The van der Waals surface area contributed by atoms with Gasteiger partial charge in [0.1, 0.15) is 11.1 Å². The molecule has 1 aromatic rings. The Labute approximate surface area is 152 Å². The van der Waals surface area contributed by atoms with E-state index in [4.69, 9.17) is 0 Å². The number of esters is 1. The van der Waals surface area contributed by atoms with Crippen LogP contribution in [0.5, 0.6) is 0 Å². The first-order valence-electron chi connectivity index (χ1n) is 8.46. The molecule has 0 spiro atoms. The van der Waals surface area contributed by atoms with Gasteiger partial charge in [-0.1, -0.05) is 0 Å². The molecule has 0 aromatic carbocycles. The molecule has 0 aliphatic carbocycles. The van der Waals surface area contributed by atoms with Crippen LogP contribution >= 0.6 is 0 Å². The van der Waals surface area contributed by atoms with E-state index < -0.39 is 33.2 Å². The summed E-state index contributed by atoms with van der Waals surface area (Å²) in [5.74, 6) is -1.47. The molecule has 144 valence electrons. The third kappa shape index (κ3) is 3.98. The summed E-state index contributed by atoms with van der Waals surface area (Å²) >= 11 is 0. The standard InChI is InChI=1S/C17H24N2O6S/c1-5-19(12-6-7-26(23,24)10-12)16(21)13-8-18(11(2)3)9-14(15(13)20)17(22)25-4/h8-9,11-12H,5-7,10H2,1-4H3/t12-/m1/s1. The number of pyridine rings is 1. The number of sulfone groups is 1. The summed E-state index contributed by atoms with van der Waals surface area (Å²) < 4.78 is 29.7. The van der Waals surface area contributed by atoms with Crippen molar-refractivity contribution >= 4 is 21.7 Å². The second-order valence-electron chi connectivity index (χ2n) is 6.60. The van der Waals surface area contributed by atoms with Gasteiger partial charge in [-0.05, 0) is 27.2 Å². The molecule has 1 aliphatic rings. The summed E-state index contributed by atoms with van der Waals surface area (Å²) in [7, 11) is -2.01. The van der Waals surface area contributed by atoms with Crippen LogP contribution in [0.2, 0.25) is 0 Å². The van der Waals surface area contributed by atoms with Gasteiger partial charge in [0.2, 0.25) is 5.43 Å². The van der Waals surface area contributed by atoms with Gasteiger partial charge >= 0.3 is 5.97 Å². The van der Waals surface area contributed by atoms with Crippen LogP contribution in [-0.2, 0) is 14.6 Å². The maximum atomic E-state index is 13.0. The topological polar surface area (TPSA) is 103 Å². The van der Waals surface area contributed by atoms with Crippen molar-refractivity contribution in [2.24, 2.45) is 0 Å². The lowest BCUT2D eigenvalue weighted by molar-refractivity contribution is 0.0598. The van der Waals surface area contributed by atoms with Gasteiger partial charge in [-0.15, -0.1) is 0 Å². The van der Waals surface area contributed by atoms with E-state index >= 15 is 0 Å². The molecule has 1 saturated heterocycles. The fourth-order valence-corrected chi connectivity index (χ4v) is 4.78. The number of hydrogen-bond donors (Lipinski definition) is 0. The number of carbonyl (C=O) groups excluding carboxylic acids is 2. The summed E-state index contributed by atoms with van der Waals surface area (Å²) in [6.45, 7) is 5.69. The highest BCUT2D eigenvalue weighted by Crippen LogP contribution is 2.20. The van der Waals surface area contributed by atoms with Gasteiger partial charge in [-0.3, -0.25) is 9.59 Å². The molecule has 2 rings (SSSR count). The molecule has 1 fully saturated rings. The number of ether oxygens (including phenoxy) is 1. The molecule has 1 amide bonds. The van der Waals surface area contributed by atoms with Crippen molar-refractivity contribution in [3.63, 3.8) is 0 Å². The number of rotatable bonds is 5. The van der Waals surface area contributed by atoms with Gasteiger partial charge in [0, 0.05) is 31.0 Å². The van der Waals surface area contributed by atoms with Gasteiger partial charge in [-0.2, -0.15) is 0 Å². The van der Waals surface area contributed by atoms with E-state index in [9.17, 15) is 22.8 Å². The molecular formula is C17H24N2O6S. The van der Waals surface area contributed by atoms with Crippen molar-refractivity contribution in [2.75, 3.05) is 25.2 Å². The normalized spacial score (nSPS) is 18.7. The lowest BCUT2D eigenvalue weighted by Crippen LogP contribution is -2.43. The van der Waals surface area contributed by atoms with Crippen LogP contribution < -0.4 is 5.43 Å². The minimum absolute atomic E-state index is 0.0277. The van der Waals surface area contributed by atoms with E-state index in [-0.39, 0.29) is 35.2 Å². The molecule has 8 nitrogen and oxygen atoms in total. The Morgan fingerprint density at radius 1 is 1.31 bits per heavy atom. The third-order valence-corrected chi connectivity index (χ3v) is 6.28. The van der Waals surface area contributed by atoms with Gasteiger partial charge in [-0.25, -0.2) is 13.2 Å². The van der Waals surface area contributed by atoms with E-state index in [1.165, 1.54) is 17.3 Å². The molecule has 2 heterocycles. The Morgan fingerprint density at radius 2 is 1.92 bits per heavy atom. The van der Waals surface area contributed by atoms with E-state index in [0.29, 0.717) is 6.42 Å². The van der Waals surface area contributed by atoms with Gasteiger partial charge in [0.15, 0.2) is 9.84 Å². The van der Waals surface area contributed by atoms with Crippen molar-refractivity contribution in [2.45, 2.75) is 39.3 Å². The highest BCUT2D eigenvalue weighted by Gasteiger charge is 2.35. The van der Waals surface area contributed by atoms with Crippen LogP contribution in [0.1, 0.15) is 53.9 Å². The first kappa shape index (κ1) is 20.2. The molecule has 9 heteroatoms. The Kier molecular flexibility index (Phi) is 5.90. The zero-order valence-electron chi connectivity index (χ0n) is 15.4. The van der Waals surface area contributed by atoms with Crippen LogP contribution in [0.15, 0.2) is 17.2 Å². The minimum atomic E-state index is -3.17. The molecule has 0 saturated carbocycles. The van der Waals surface area contributed by atoms with E-state index in [1.807, 2.05) is 13.8 Å². The molecule has 0 bridgehead atoms. The van der Waals surface area contributed by atoms with Crippen LogP contribution in [-0.4, -0.2) is 61.0 Å². The van der Waals surface area contributed by atoms with Crippen molar-refractivity contribution < 1.29 is 22.7 Å². The van der Waals surface area contributed by atoms with E-state index in [0.717, 1.165) is 7.11 Å². The predicted molar refractivity (Wildman–Crippen MR) is 96.2 cm³/mol. The summed E-state index contributed by atoms with van der Waals surface area (Å²) in [4.78, 5) is 39.0. The molecular weight excluding hydrogens is 360 g/mol. The predicted octanol–water partition coefficient (Wildman–Crippen LogP) is 0.865. The molecule has 1 atom stereocenters. The average Bonchev–Trinajstić information content (AvgIpc) is 2.94. The average molecular weight is 384 g/mol. The Hall–Kier alpha value is -2.16. The van der Waals surface area contributed by atoms with Gasteiger partial charge in [0.25, 0.3) is 5.91 Å². The van der Waals surface area contributed by atoms with Crippen molar-refractivity contribution in [1.29, 1.82) is 0 Å². The third-order valence-electron chi connectivity index (χ3n) is 4.53. The zero-order chi connectivity index (χ0) is 19.6. The lowest BCUT2D eigenvalue weighted by Gasteiger charge is -2.27. The van der Waals surface area contributed by atoms with E-state index in [1.54, 1.807) is 11.5 Å². The van der Waals surface area contributed by atoms with Crippen LogP contribution in [0, 0.1) is 0 Å². The monoisotopic (exact) mass is 384 g/mol. The second kappa shape index (κ2) is 7.61. The Balaban J connectivity index is 2.51. The van der Waals surface area contributed by atoms with Crippen LogP contribution in [0.4, 0.5) is 0 Å². The van der Waals surface area contributed by atoms with Crippen molar-refractivity contribution in [3.8, 4) is 0 Å². The van der Waals surface area contributed by atoms with Crippen LogP contribution in [0.3, 0.4) is 0 Å². The smallest absolute Gasteiger partial charge is 0.343 e. The highest BCUT2D eigenvalue weighted by molar-refractivity contribution is 7.91. The van der Waals surface area contributed by atoms with Crippen molar-refractivity contribution in [1.82, 2.24) is 9.47 Å². The number of nitrogens with zero attached hydrogens (tertiary/aromatic N) is 2. The zero-order valence-corrected chi connectivity index (χ0v) is 16.2. The summed E-state index contributed by atoms with van der Waals surface area (Å²) in [6.07, 6.45) is 3.12. The molecule has 26 heavy (non-hydrogen) atoms. The minimum Gasteiger partial charge on any atom is -0.465 e. The molecule has 0 N–H and O–H groups in total. The fourth-order valence-electron chi connectivity index (χ4n) is 3.05. The van der Waals surface area contributed by atoms with E-state index in [2.05, 4.69) is 4.74 Å². The molecule has 1 aromatic heterocycles. The highest BCUT2D eigenvalue weighted by atomic mass is 32.2. The molecule has 1 aliphatic heterocycles. The fraction of sp³-hybridized carbons (Fsp3) is 0.588. The number of aromatic nitrogens is 1. The quantitative estimate of drug-likeness (QED) is 0.698. The molecule has 0 unspecified atom stereocenters. The van der Waals surface area contributed by atoms with Crippen LogP contribution in [0.25, 0.3) is 0 Å². The summed E-state index contributed by atoms with van der Waals surface area (Å²) in [5.41, 5.74) is -1.09. The first-order chi connectivity index (χ1) is 12.1. The lowest BCUT2D eigenvalue weighted by atomic mass is 10.1. The number of methoxy groups -OCH3 is 1. The number of hydrogen-bond acceptors (Lipinski definition) is 6. The largest absolute Gasteiger partial charge is 0.465 e. The Morgan fingerprint density at radius 3 is 2.38 bits per heavy atom. The van der Waals surface area contributed by atoms with Crippen molar-refractivity contribution in [3.05, 3.63) is 33.7 Å².